The van der Waals surface area contributed by atoms with Crippen LogP contribution in [0.2, 0.25) is 0 Å². The molecule has 1 aliphatic heterocycles. The minimum atomic E-state index is -0.954. The minimum Gasteiger partial charge on any atom is -0.481 e. The van der Waals surface area contributed by atoms with Gasteiger partial charge in [0.2, 0.25) is 0 Å². The summed E-state index contributed by atoms with van der Waals surface area (Å²) in [5.74, 6) is -1.65. The van der Waals surface area contributed by atoms with Gasteiger partial charge in [0.1, 0.15) is 5.92 Å². The van der Waals surface area contributed by atoms with Crippen LogP contribution in [0.5, 0.6) is 0 Å². The fourth-order valence-electron chi connectivity index (χ4n) is 2.85. The van der Waals surface area contributed by atoms with Crippen molar-refractivity contribution in [1.82, 2.24) is 10.2 Å². The van der Waals surface area contributed by atoms with Crippen molar-refractivity contribution in [2.24, 2.45) is 5.92 Å². The average Bonchev–Trinajstić information content (AvgIpc) is 2.89. The Hall–Kier alpha value is -1.34. The summed E-state index contributed by atoms with van der Waals surface area (Å²) in [7, 11) is 1.57. The first-order valence-corrected chi connectivity index (χ1v) is 7.02. The van der Waals surface area contributed by atoms with E-state index in [4.69, 9.17) is 9.84 Å². The van der Waals surface area contributed by atoms with E-state index in [-0.39, 0.29) is 25.3 Å². The molecule has 114 valence electrons. The number of nitrogens with one attached hydrogen (secondary N) is 1. The average molecular weight is 286 g/mol. The number of ether oxygens (including phenoxy) is 1. The Kier molecular flexibility index (Phi) is 4.82. The first kappa shape index (κ1) is 15.1. The molecule has 2 aliphatic rings. The van der Waals surface area contributed by atoms with Crippen LogP contribution < -0.4 is 5.32 Å². The van der Waals surface area contributed by atoms with Crippen LogP contribution in [-0.4, -0.2) is 65.6 Å². The van der Waals surface area contributed by atoms with Gasteiger partial charge in [-0.25, -0.2) is 4.79 Å². The molecule has 20 heavy (non-hydrogen) atoms. The number of aliphatic hydroxyl groups excluding tert-OH is 1. The van der Waals surface area contributed by atoms with Crippen molar-refractivity contribution in [1.29, 1.82) is 0 Å². The summed E-state index contributed by atoms with van der Waals surface area (Å²) in [5.41, 5.74) is 0. The highest BCUT2D eigenvalue weighted by molar-refractivity contribution is 5.77. The number of carboxylic acid groups (broad SMARTS) is 1. The topological polar surface area (TPSA) is 99.1 Å². The van der Waals surface area contributed by atoms with Crippen molar-refractivity contribution in [3.63, 3.8) is 0 Å². The lowest BCUT2D eigenvalue weighted by atomic mass is 9.93. The summed E-state index contributed by atoms with van der Waals surface area (Å²) in [6.07, 6.45) is 2.89. The van der Waals surface area contributed by atoms with Gasteiger partial charge in [-0.2, -0.15) is 0 Å². The molecule has 3 N–H and O–H groups in total. The number of amides is 2. The largest absolute Gasteiger partial charge is 0.481 e. The summed E-state index contributed by atoms with van der Waals surface area (Å²) < 4.78 is 5.16. The Morgan fingerprint density at radius 1 is 1.25 bits per heavy atom. The highest BCUT2D eigenvalue weighted by Crippen LogP contribution is 2.21. The fraction of sp³-hybridized carbons (Fsp3) is 0.846. The predicted octanol–water partition coefficient (Wildman–Crippen LogP) is 0.0309. The molecule has 0 aromatic heterocycles. The van der Waals surface area contributed by atoms with Gasteiger partial charge in [0.05, 0.1) is 31.4 Å². The normalized spacial score (nSPS) is 33.7. The monoisotopic (exact) mass is 286 g/mol. The third-order valence-corrected chi connectivity index (χ3v) is 4.22. The van der Waals surface area contributed by atoms with Crippen LogP contribution in [0.1, 0.15) is 25.7 Å². The highest BCUT2D eigenvalue weighted by atomic mass is 16.5. The summed E-state index contributed by atoms with van der Waals surface area (Å²) >= 11 is 0. The number of urea groups is 1. The molecule has 0 spiro atoms. The number of aliphatic carboxylic acids is 1. The Labute approximate surface area is 117 Å². The molecule has 2 amide bonds. The maximum Gasteiger partial charge on any atom is 0.317 e. The molecule has 2 rings (SSSR count). The zero-order valence-corrected chi connectivity index (χ0v) is 11.6. The van der Waals surface area contributed by atoms with Crippen molar-refractivity contribution in [2.45, 2.75) is 43.9 Å². The molecule has 4 atom stereocenters. The molecule has 7 heteroatoms. The van der Waals surface area contributed by atoms with Crippen molar-refractivity contribution < 1.29 is 24.5 Å². The van der Waals surface area contributed by atoms with E-state index in [1.54, 1.807) is 7.05 Å². The first-order chi connectivity index (χ1) is 9.50. The van der Waals surface area contributed by atoms with Gasteiger partial charge in [0, 0.05) is 7.05 Å². The number of nitrogens with zero attached hydrogens (tertiary/aromatic N) is 1. The Morgan fingerprint density at radius 2 is 1.95 bits per heavy atom. The number of carbonyl (C=O) groups excluding carboxylic acids is 1. The van der Waals surface area contributed by atoms with E-state index < -0.39 is 24.0 Å². The summed E-state index contributed by atoms with van der Waals surface area (Å²) in [4.78, 5) is 24.7. The maximum atomic E-state index is 12.2. The second kappa shape index (κ2) is 6.41. The molecule has 1 heterocycles. The number of hydrogen-bond acceptors (Lipinski definition) is 4. The van der Waals surface area contributed by atoms with Crippen LogP contribution in [0, 0.1) is 5.92 Å². The van der Waals surface area contributed by atoms with E-state index in [0.29, 0.717) is 6.42 Å². The quantitative estimate of drug-likeness (QED) is 0.680. The first-order valence-electron chi connectivity index (χ1n) is 7.02. The van der Waals surface area contributed by atoms with Gasteiger partial charge in [0.15, 0.2) is 0 Å². The summed E-state index contributed by atoms with van der Waals surface area (Å²) in [6.45, 7) is 0.359. The number of hydrogen-bond donors (Lipinski definition) is 3. The van der Waals surface area contributed by atoms with Crippen molar-refractivity contribution >= 4 is 12.0 Å². The van der Waals surface area contributed by atoms with Gasteiger partial charge >= 0.3 is 12.0 Å². The van der Waals surface area contributed by atoms with Gasteiger partial charge in [-0.15, -0.1) is 0 Å². The highest BCUT2D eigenvalue weighted by Gasteiger charge is 2.39. The molecule has 0 aromatic carbocycles. The van der Waals surface area contributed by atoms with E-state index in [1.807, 2.05) is 0 Å². The molecule has 1 aliphatic carbocycles. The lowest BCUT2D eigenvalue weighted by molar-refractivity contribution is -0.142. The van der Waals surface area contributed by atoms with Gasteiger partial charge in [-0.3, -0.25) is 4.79 Å². The molecular formula is C13H22N2O5. The zero-order chi connectivity index (χ0) is 14.7. The van der Waals surface area contributed by atoms with E-state index in [9.17, 15) is 14.7 Å². The van der Waals surface area contributed by atoms with Crippen LogP contribution in [-0.2, 0) is 9.53 Å². The van der Waals surface area contributed by atoms with Crippen molar-refractivity contribution in [3.8, 4) is 0 Å². The van der Waals surface area contributed by atoms with E-state index in [2.05, 4.69) is 5.32 Å². The molecule has 0 bridgehead atoms. The van der Waals surface area contributed by atoms with Crippen LogP contribution in [0.4, 0.5) is 4.79 Å². The van der Waals surface area contributed by atoms with Gasteiger partial charge in [0.25, 0.3) is 0 Å². The Bertz CT molecular complexity index is 376. The smallest absolute Gasteiger partial charge is 0.317 e. The predicted molar refractivity (Wildman–Crippen MR) is 70.3 cm³/mol. The summed E-state index contributed by atoms with van der Waals surface area (Å²) in [6, 6.07) is -1.06. The lowest BCUT2D eigenvalue weighted by Gasteiger charge is -2.32. The zero-order valence-electron chi connectivity index (χ0n) is 11.6. The SMILES string of the molecule is CN(C(=O)NC1CCCCC1O)C1COCC1C(=O)O. The van der Waals surface area contributed by atoms with Crippen LogP contribution in [0.25, 0.3) is 0 Å². The summed E-state index contributed by atoms with van der Waals surface area (Å²) in [5, 5.41) is 21.7. The number of likely N-dealkylation sites (N-methyl/N-ethyl adjacent to an activating group) is 1. The number of carbonyl (C=O) groups is 2. The van der Waals surface area contributed by atoms with Gasteiger partial charge in [-0.1, -0.05) is 12.8 Å². The molecule has 7 nitrogen and oxygen atoms in total. The lowest BCUT2D eigenvalue weighted by Crippen LogP contribution is -2.53. The number of rotatable bonds is 3. The number of aliphatic hydroxyl groups is 1. The Morgan fingerprint density at radius 3 is 2.60 bits per heavy atom. The van der Waals surface area contributed by atoms with E-state index in [0.717, 1.165) is 19.3 Å². The molecule has 0 aromatic rings. The fourth-order valence-corrected chi connectivity index (χ4v) is 2.85. The second-order valence-corrected chi connectivity index (χ2v) is 5.57. The molecule has 2 fully saturated rings. The van der Waals surface area contributed by atoms with Gasteiger partial charge < -0.3 is 25.2 Å². The van der Waals surface area contributed by atoms with E-state index in [1.165, 1.54) is 4.90 Å². The maximum absolute atomic E-state index is 12.2. The molecule has 1 saturated heterocycles. The Balaban J connectivity index is 1.92. The minimum absolute atomic E-state index is 0.129. The molecular weight excluding hydrogens is 264 g/mol. The van der Waals surface area contributed by atoms with Gasteiger partial charge in [-0.05, 0) is 12.8 Å². The van der Waals surface area contributed by atoms with Crippen LogP contribution in [0.3, 0.4) is 0 Å². The standard InChI is InChI=1S/C13H22N2O5/c1-15(10-7-20-6-8(10)12(17)18)13(19)14-9-4-2-3-5-11(9)16/h8-11,16H,2-7H2,1H3,(H,14,19)(H,17,18). The number of carboxylic acids is 1. The van der Waals surface area contributed by atoms with Crippen molar-refractivity contribution in [2.75, 3.05) is 20.3 Å². The molecule has 0 radical (unpaired) electrons. The second-order valence-electron chi connectivity index (χ2n) is 5.57. The molecule has 1 saturated carbocycles. The van der Waals surface area contributed by atoms with Crippen LogP contribution >= 0.6 is 0 Å². The molecule has 4 unspecified atom stereocenters. The third-order valence-electron chi connectivity index (χ3n) is 4.22. The van der Waals surface area contributed by atoms with E-state index >= 15 is 0 Å². The van der Waals surface area contributed by atoms with Crippen molar-refractivity contribution in [3.05, 3.63) is 0 Å². The van der Waals surface area contributed by atoms with Crippen LogP contribution in [0.15, 0.2) is 0 Å². The third kappa shape index (κ3) is 3.21.